The zero-order valence-corrected chi connectivity index (χ0v) is 12.4. The van der Waals surface area contributed by atoms with Gasteiger partial charge in [-0.3, -0.25) is 4.79 Å². The molecule has 1 aliphatic rings. The minimum Gasteiger partial charge on any atom is -0.338 e. The van der Waals surface area contributed by atoms with Gasteiger partial charge in [0, 0.05) is 18.7 Å². The van der Waals surface area contributed by atoms with Crippen molar-refractivity contribution in [1.29, 1.82) is 0 Å². The molecule has 0 N–H and O–H groups in total. The smallest absolute Gasteiger partial charge is 0.266 e. The van der Waals surface area contributed by atoms with Crippen molar-refractivity contribution < 1.29 is 4.79 Å². The molecule has 1 aromatic carbocycles. The van der Waals surface area contributed by atoms with Crippen molar-refractivity contribution >= 4 is 17.2 Å². The largest absolute Gasteiger partial charge is 0.338 e. The van der Waals surface area contributed by atoms with Gasteiger partial charge in [-0.15, -0.1) is 11.3 Å². The number of carbonyl (C=O) groups excluding carboxylic acids is 1. The van der Waals surface area contributed by atoms with Gasteiger partial charge in [0.2, 0.25) is 0 Å². The summed E-state index contributed by atoms with van der Waals surface area (Å²) in [4.78, 5) is 19.8. The van der Waals surface area contributed by atoms with E-state index in [1.807, 2.05) is 35.2 Å². The Morgan fingerprint density at radius 3 is 2.90 bits per heavy atom. The number of thiazole rings is 1. The Balaban J connectivity index is 1.88. The number of likely N-dealkylation sites (tertiary alicyclic amines) is 1. The first-order valence-corrected chi connectivity index (χ1v) is 7.92. The summed E-state index contributed by atoms with van der Waals surface area (Å²) >= 11 is 1.45. The van der Waals surface area contributed by atoms with E-state index in [0.29, 0.717) is 5.92 Å². The summed E-state index contributed by atoms with van der Waals surface area (Å²) in [6.45, 7) is 3.95. The molecule has 2 aromatic rings. The molecule has 0 radical (unpaired) electrons. The Morgan fingerprint density at radius 2 is 2.15 bits per heavy atom. The predicted octanol–water partition coefficient (Wildman–Crippen LogP) is 3.68. The SMILES string of the molecule is CC1CCCN(C(=O)c2scnc2-c2ccccc2)C1. The molecule has 1 fully saturated rings. The lowest BCUT2D eigenvalue weighted by molar-refractivity contribution is 0.0688. The maximum absolute atomic E-state index is 12.7. The van der Waals surface area contributed by atoms with Crippen LogP contribution in [0.15, 0.2) is 35.8 Å². The summed E-state index contributed by atoms with van der Waals surface area (Å²) < 4.78 is 0. The monoisotopic (exact) mass is 286 g/mol. The molecule has 0 saturated carbocycles. The molecule has 1 aliphatic heterocycles. The Hall–Kier alpha value is -1.68. The number of nitrogens with zero attached hydrogens (tertiary/aromatic N) is 2. The molecule has 0 bridgehead atoms. The van der Waals surface area contributed by atoms with Gasteiger partial charge in [0.15, 0.2) is 0 Å². The highest BCUT2D eigenvalue weighted by atomic mass is 32.1. The topological polar surface area (TPSA) is 33.2 Å². The van der Waals surface area contributed by atoms with Crippen LogP contribution in [0.3, 0.4) is 0 Å². The fraction of sp³-hybridized carbons (Fsp3) is 0.375. The van der Waals surface area contributed by atoms with Crippen molar-refractivity contribution in [3.63, 3.8) is 0 Å². The van der Waals surface area contributed by atoms with Gasteiger partial charge in [0.25, 0.3) is 5.91 Å². The van der Waals surface area contributed by atoms with Crippen LogP contribution in [-0.2, 0) is 0 Å². The average Bonchev–Trinajstić information content (AvgIpc) is 2.97. The van der Waals surface area contributed by atoms with Gasteiger partial charge in [-0.2, -0.15) is 0 Å². The third-order valence-electron chi connectivity index (χ3n) is 3.75. The van der Waals surface area contributed by atoms with Crippen LogP contribution >= 0.6 is 11.3 Å². The lowest BCUT2D eigenvalue weighted by Gasteiger charge is -2.30. The molecule has 1 unspecified atom stereocenters. The fourth-order valence-corrected chi connectivity index (χ4v) is 3.49. The van der Waals surface area contributed by atoms with Gasteiger partial charge < -0.3 is 4.90 Å². The highest BCUT2D eigenvalue weighted by molar-refractivity contribution is 7.12. The van der Waals surface area contributed by atoms with Gasteiger partial charge in [-0.25, -0.2) is 4.98 Å². The van der Waals surface area contributed by atoms with E-state index in [4.69, 9.17) is 0 Å². The van der Waals surface area contributed by atoms with Gasteiger partial charge in [-0.05, 0) is 18.8 Å². The van der Waals surface area contributed by atoms with Crippen molar-refractivity contribution in [3.8, 4) is 11.3 Å². The summed E-state index contributed by atoms with van der Waals surface area (Å²) in [6, 6.07) is 9.94. The molecule has 3 rings (SSSR count). The molecule has 3 nitrogen and oxygen atoms in total. The number of amides is 1. The first kappa shape index (κ1) is 13.3. The molecule has 1 atom stereocenters. The average molecular weight is 286 g/mol. The summed E-state index contributed by atoms with van der Waals surface area (Å²) in [7, 11) is 0. The molecule has 1 aromatic heterocycles. The highest BCUT2D eigenvalue weighted by Crippen LogP contribution is 2.28. The van der Waals surface area contributed by atoms with E-state index in [1.54, 1.807) is 5.51 Å². The maximum Gasteiger partial charge on any atom is 0.266 e. The van der Waals surface area contributed by atoms with Crippen molar-refractivity contribution in [2.24, 2.45) is 5.92 Å². The summed E-state index contributed by atoms with van der Waals surface area (Å²) in [5.41, 5.74) is 3.60. The number of hydrogen-bond acceptors (Lipinski definition) is 3. The molecular formula is C16H18N2OS. The van der Waals surface area contributed by atoms with Crippen LogP contribution < -0.4 is 0 Å². The van der Waals surface area contributed by atoms with Crippen LogP contribution in [0.25, 0.3) is 11.3 Å². The van der Waals surface area contributed by atoms with E-state index in [2.05, 4.69) is 11.9 Å². The van der Waals surface area contributed by atoms with Gasteiger partial charge >= 0.3 is 0 Å². The maximum atomic E-state index is 12.7. The zero-order valence-electron chi connectivity index (χ0n) is 11.6. The molecule has 104 valence electrons. The van der Waals surface area contributed by atoms with Crippen LogP contribution in [0.4, 0.5) is 0 Å². The summed E-state index contributed by atoms with van der Waals surface area (Å²) in [6.07, 6.45) is 2.32. The summed E-state index contributed by atoms with van der Waals surface area (Å²) in [5, 5.41) is 0. The Bertz CT molecular complexity index is 594. The van der Waals surface area contributed by atoms with Gasteiger partial charge in [-0.1, -0.05) is 37.3 Å². The quantitative estimate of drug-likeness (QED) is 0.843. The lowest BCUT2D eigenvalue weighted by Crippen LogP contribution is -2.38. The van der Waals surface area contributed by atoms with Crippen molar-refractivity contribution in [2.75, 3.05) is 13.1 Å². The Kier molecular flexibility index (Phi) is 3.83. The minimum atomic E-state index is 0.137. The normalized spacial score (nSPS) is 19.1. The second-order valence-corrected chi connectivity index (χ2v) is 6.25. The number of hydrogen-bond donors (Lipinski definition) is 0. The molecule has 20 heavy (non-hydrogen) atoms. The Morgan fingerprint density at radius 1 is 1.35 bits per heavy atom. The van der Waals surface area contributed by atoms with E-state index in [1.165, 1.54) is 17.8 Å². The molecule has 2 heterocycles. The fourth-order valence-electron chi connectivity index (χ4n) is 2.72. The van der Waals surface area contributed by atoms with Crippen molar-refractivity contribution in [1.82, 2.24) is 9.88 Å². The highest BCUT2D eigenvalue weighted by Gasteiger charge is 2.25. The number of aromatic nitrogens is 1. The Labute approximate surface area is 123 Å². The molecule has 4 heteroatoms. The zero-order chi connectivity index (χ0) is 13.9. The van der Waals surface area contributed by atoms with E-state index in [9.17, 15) is 4.79 Å². The van der Waals surface area contributed by atoms with Crippen molar-refractivity contribution in [3.05, 3.63) is 40.7 Å². The molecular weight excluding hydrogens is 268 g/mol. The second kappa shape index (κ2) is 5.75. The number of piperidine rings is 1. The van der Waals surface area contributed by atoms with E-state index in [0.717, 1.165) is 35.6 Å². The first-order chi connectivity index (χ1) is 9.75. The van der Waals surface area contributed by atoms with Crippen LogP contribution in [0.2, 0.25) is 0 Å². The van der Waals surface area contributed by atoms with E-state index >= 15 is 0 Å². The van der Waals surface area contributed by atoms with Crippen LogP contribution in [0, 0.1) is 5.92 Å². The summed E-state index contributed by atoms with van der Waals surface area (Å²) in [5.74, 6) is 0.735. The van der Waals surface area contributed by atoms with E-state index in [-0.39, 0.29) is 5.91 Å². The first-order valence-electron chi connectivity index (χ1n) is 7.04. The molecule has 0 aliphatic carbocycles. The number of carbonyl (C=O) groups is 1. The van der Waals surface area contributed by atoms with Gasteiger partial charge in [0.1, 0.15) is 4.88 Å². The standard InChI is InChI=1S/C16H18N2OS/c1-12-6-5-9-18(10-12)16(19)15-14(17-11-20-15)13-7-3-2-4-8-13/h2-4,7-8,11-12H,5-6,9-10H2,1H3. The van der Waals surface area contributed by atoms with Crippen LogP contribution in [-0.4, -0.2) is 28.9 Å². The molecule has 1 saturated heterocycles. The minimum absolute atomic E-state index is 0.137. The lowest BCUT2D eigenvalue weighted by atomic mass is 10.00. The predicted molar refractivity (Wildman–Crippen MR) is 81.9 cm³/mol. The van der Waals surface area contributed by atoms with E-state index < -0.39 is 0 Å². The van der Waals surface area contributed by atoms with Crippen molar-refractivity contribution in [2.45, 2.75) is 19.8 Å². The molecule has 1 amide bonds. The number of rotatable bonds is 2. The third kappa shape index (κ3) is 2.61. The second-order valence-electron chi connectivity index (χ2n) is 5.39. The number of benzene rings is 1. The van der Waals surface area contributed by atoms with Gasteiger partial charge in [0.05, 0.1) is 11.2 Å². The third-order valence-corrected chi connectivity index (χ3v) is 4.57. The van der Waals surface area contributed by atoms with Crippen LogP contribution in [0.1, 0.15) is 29.4 Å². The molecule has 0 spiro atoms. The van der Waals surface area contributed by atoms with Crippen LogP contribution in [0.5, 0.6) is 0 Å².